The second-order valence-electron chi connectivity index (χ2n) is 2.78. The van der Waals surface area contributed by atoms with E-state index in [1.807, 2.05) is 0 Å². The normalized spacial score (nSPS) is 14.6. The summed E-state index contributed by atoms with van der Waals surface area (Å²) in [6.07, 6.45) is -8.75. The van der Waals surface area contributed by atoms with Gasteiger partial charge in [-0.3, -0.25) is 0 Å². The van der Waals surface area contributed by atoms with Crippen molar-refractivity contribution < 1.29 is 35.8 Å². The minimum atomic E-state index is -5.82. The number of hydrogen-bond acceptors (Lipinski definition) is 2. The van der Waals surface area contributed by atoms with Crippen molar-refractivity contribution >= 4 is 0 Å². The fourth-order valence-corrected chi connectivity index (χ4v) is 0.624. The summed E-state index contributed by atoms with van der Waals surface area (Å²) in [5, 5.41) is 0. The Kier molecular flexibility index (Phi) is 4.91. The molecule has 0 amide bonds. The van der Waals surface area contributed by atoms with Crippen LogP contribution in [-0.4, -0.2) is 18.1 Å². The highest BCUT2D eigenvalue weighted by atomic mass is 19.4. The molecule has 2 nitrogen and oxygen atoms in total. The van der Waals surface area contributed by atoms with Gasteiger partial charge in [-0.25, -0.2) is 0 Å². The van der Waals surface area contributed by atoms with E-state index < -0.39 is 18.1 Å². The van der Waals surface area contributed by atoms with Gasteiger partial charge in [-0.1, -0.05) is 12.2 Å². The summed E-state index contributed by atoms with van der Waals surface area (Å²) in [5.41, 5.74) is 0. The zero-order valence-electron chi connectivity index (χ0n) is 8.89. The zero-order chi connectivity index (χ0) is 13.7. The van der Waals surface area contributed by atoms with Crippen LogP contribution in [0.5, 0.6) is 0 Å². The van der Waals surface area contributed by atoms with Gasteiger partial charge in [0.25, 0.3) is 0 Å². The molecular formula is C9H10F6O2. The molecule has 0 radical (unpaired) electrons. The number of rotatable bonds is 6. The van der Waals surface area contributed by atoms with E-state index in [0.717, 1.165) is 12.2 Å². The third kappa shape index (κ3) is 3.31. The molecule has 17 heavy (non-hydrogen) atoms. The van der Waals surface area contributed by atoms with E-state index in [2.05, 4.69) is 9.47 Å². The van der Waals surface area contributed by atoms with E-state index in [-0.39, 0.29) is 12.5 Å². The quantitative estimate of drug-likeness (QED) is 0.535. The Balaban J connectivity index is 5.07. The molecule has 0 aliphatic carbocycles. The molecule has 0 aromatic heterocycles. The number of halogens is 6. The van der Waals surface area contributed by atoms with Crippen LogP contribution >= 0.6 is 0 Å². The van der Waals surface area contributed by atoms with Crippen molar-refractivity contribution in [3.8, 4) is 0 Å². The summed E-state index contributed by atoms with van der Waals surface area (Å²) in [5.74, 6) is -5.82. The molecule has 8 heteroatoms. The predicted molar refractivity (Wildman–Crippen MR) is 46.6 cm³/mol. The number of alkyl halides is 6. The Hall–Kier alpha value is -1.34. The first-order valence-electron chi connectivity index (χ1n) is 4.33. The van der Waals surface area contributed by atoms with E-state index in [0.29, 0.717) is 0 Å². The van der Waals surface area contributed by atoms with Gasteiger partial charge in [0.1, 0.15) is 0 Å². The minimum absolute atomic E-state index is 0.180. The largest absolute Gasteiger partial charge is 0.474 e. The van der Waals surface area contributed by atoms with Crippen LogP contribution < -0.4 is 0 Å². The molecule has 100 valence electrons. The van der Waals surface area contributed by atoms with Crippen LogP contribution in [-0.2, 0) is 9.47 Å². The fraction of sp³-hybridized carbons (Fsp3) is 0.556. The summed E-state index contributed by atoms with van der Waals surface area (Å²) in [6, 6.07) is 0. The molecule has 0 bridgehead atoms. The van der Waals surface area contributed by atoms with Crippen molar-refractivity contribution in [2.45, 2.75) is 32.0 Å². The van der Waals surface area contributed by atoms with Crippen molar-refractivity contribution in [2.24, 2.45) is 0 Å². The predicted octanol–water partition coefficient (Wildman–Crippen LogP) is 3.91. The van der Waals surface area contributed by atoms with Crippen molar-refractivity contribution in [1.29, 1.82) is 0 Å². The van der Waals surface area contributed by atoms with Crippen molar-refractivity contribution in [2.75, 3.05) is 0 Å². The SMILES string of the molecule is CC=COC(F)(F)C(F)(F)C(F)(F)OC=CC. The third-order valence-corrected chi connectivity index (χ3v) is 1.44. The van der Waals surface area contributed by atoms with Crippen LogP contribution in [0.1, 0.15) is 13.8 Å². The van der Waals surface area contributed by atoms with Crippen molar-refractivity contribution in [1.82, 2.24) is 0 Å². The average molecular weight is 264 g/mol. The maximum absolute atomic E-state index is 12.8. The van der Waals surface area contributed by atoms with Gasteiger partial charge in [0, 0.05) is 0 Å². The Bertz CT molecular complexity index is 270. The van der Waals surface area contributed by atoms with E-state index in [9.17, 15) is 26.3 Å². The first-order chi connectivity index (χ1) is 7.62. The molecular weight excluding hydrogens is 254 g/mol. The minimum Gasteiger partial charge on any atom is -0.436 e. The summed E-state index contributed by atoms with van der Waals surface area (Å²) < 4.78 is 83.0. The zero-order valence-corrected chi connectivity index (χ0v) is 8.89. The molecule has 0 fully saturated rings. The Labute approximate surface area is 93.5 Å². The molecule has 0 unspecified atom stereocenters. The highest BCUT2D eigenvalue weighted by Gasteiger charge is 2.76. The molecule has 0 spiro atoms. The summed E-state index contributed by atoms with van der Waals surface area (Å²) in [4.78, 5) is 0. The van der Waals surface area contributed by atoms with Crippen LogP contribution in [0.15, 0.2) is 24.7 Å². The van der Waals surface area contributed by atoms with Crippen molar-refractivity contribution in [3.05, 3.63) is 24.7 Å². The first-order valence-corrected chi connectivity index (χ1v) is 4.33. The monoisotopic (exact) mass is 264 g/mol. The lowest BCUT2D eigenvalue weighted by atomic mass is 10.3. The van der Waals surface area contributed by atoms with Crippen LogP contribution in [0, 0.1) is 0 Å². The molecule has 0 saturated heterocycles. The van der Waals surface area contributed by atoms with Crippen LogP contribution in [0.2, 0.25) is 0 Å². The van der Waals surface area contributed by atoms with E-state index >= 15 is 0 Å². The van der Waals surface area contributed by atoms with Crippen LogP contribution in [0.3, 0.4) is 0 Å². The second kappa shape index (κ2) is 5.33. The maximum Gasteiger partial charge on any atom is 0.474 e. The van der Waals surface area contributed by atoms with E-state index in [4.69, 9.17) is 0 Å². The maximum atomic E-state index is 12.8. The average Bonchev–Trinajstić information content (AvgIpc) is 2.23. The highest BCUT2D eigenvalue weighted by Crippen LogP contribution is 2.47. The number of hydrogen-bond donors (Lipinski definition) is 0. The third-order valence-electron chi connectivity index (χ3n) is 1.44. The van der Waals surface area contributed by atoms with Gasteiger partial charge in [-0.15, -0.1) is 0 Å². The lowest BCUT2D eigenvalue weighted by molar-refractivity contribution is -0.432. The van der Waals surface area contributed by atoms with E-state index in [1.54, 1.807) is 0 Å². The Morgan fingerprint density at radius 1 is 0.706 bits per heavy atom. The molecule has 0 atom stereocenters. The molecule has 0 saturated carbocycles. The molecule has 0 aromatic rings. The van der Waals surface area contributed by atoms with Gasteiger partial charge in [0.15, 0.2) is 0 Å². The molecule has 0 aromatic carbocycles. The molecule has 0 aliphatic heterocycles. The van der Waals surface area contributed by atoms with Crippen LogP contribution in [0.25, 0.3) is 0 Å². The standard InChI is InChI=1S/C9H10F6O2/c1-3-5-16-8(12,13)7(10,11)9(14,15)17-6-4-2/h3-6H,1-2H3. The number of allylic oxidation sites excluding steroid dienone is 2. The summed E-state index contributed by atoms with van der Waals surface area (Å²) in [6.45, 7) is 2.37. The van der Waals surface area contributed by atoms with Crippen LogP contribution in [0.4, 0.5) is 26.3 Å². The topological polar surface area (TPSA) is 18.5 Å². The summed E-state index contributed by atoms with van der Waals surface area (Å²) in [7, 11) is 0. The van der Waals surface area contributed by atoms with Gasteiger partial charge < -0.3 is 9.47 Å². The molecule has 0 rings (SSSR count). The highest BCUT2D eigenvalue weighted by molar-refractivity contribution is 4.89. The van der Waals surface area contributed by atoms with Gasteiger partial charge in [-0.05, 0) is 13.8 Å². The second-order valence-corrected chi connectivity index (χ2v) is 2.78. The Morgan fingerprint density at radius 3 is 1.24 bits per heavy atom. The van der Waals surface area contributed by atoms with Gasteiger partial charge in [-0.2, -0.15) is 26.3 Å². The van der Waals surface area contributed by atoms with E-state index in [1.165, 1.54) is 13.8 Å². The lowest BCUT2D eigenvalue weighted by Gasteiger charge is -2.29. The molecule has 0 aliphatic rings. The fourth-order valence-electron chi connectivity index (χ4n) is 0.624. The molecule has 0 N–H and O–H groups in total. The number of ether oxygens (including phenoxy) is 2. The van der Waals surface area contributed by atoms with Gasteiger partial charge >= 0.3 is 18.1 Å². The lowest BCUT2D eigenvalue weighted by Crippen LogP contribution is -2.55. The van der Waals surface area contributed by atoms with Gasteiger partial charge in [0.05, 0.1) is 12.5 Å². The molecule has 0 heterocycles. The first kappa shape index (κ1) is 15.7. The van der Waals surface area contributed by atoms with Crippen molar-refractivity contribution in [3.63, 3.8) is 0 Å². The van der Waals surface area contributed by atoms with Gasteiger partial charge in [0.2, 0.25) is 0 Å². The Morgan fingerprint density at radius 2 is 1.00 bits per heavy atom. The smallest absolute Gasteiger partial charge is 0.436 e. The summed E-state index contributed by atoms with van der Waals surface area (Å²) >= 11 is 0.